The minimum absolute atomic E-state index is 0.251. The number of nitro benzene ring substituents is 1. The maximum atomic E-state index is 13.3. The van der Waals surface area contributed by atoms with Gasteiger partial charge in [-0.15, -0.1) is 0 Å². The second kappa shape index (κ2) is 5.79. The van der Waals surface area contributed by atoms with Crippen LogP contribution in [0, 0.1) is 29.8 Å². The zero-order chi connectivity index (χ0) is 14.7. The maximum absolute atomic E-state index is 13.3. The minimum atomic E-state index is -0.617. The standard InChI is InChI=1S/C13H14FN3O3/c1-8-13(9(2)20-16-8)7-15-6-10-3-11(14)5-12(4-10)17(18)19/h3-5,15H,6-7H2,1-2H3. The Bertz CT molecular complexity index is 620. The lowest BCUT2D eigenvalue weighted by atomic mass is 10.1. The summed E-state index contributed by atoms with van der Waals surface area (Å²) < 4.78 is 18.3. The van der Waals surface area contributed by atoms with Crippen LogP contribution in [0.2, 0.25) is 0 Å². The molecule has 1 N–H and O–H groups in total. The topological polar surface area (TPSA) is 81.2 Å². The van der Waals surface area contributed by atoms with Gasteiger partial charge in [-0.25, -0.2) is 4.39 Å². The molecule has 106 valence electrons. The molecule has 0 atom stereocenters. The van der Waals surface area contributed by atoms with E-state index in [1.807, 2.05) is 13.8 Å². The van der Waals surface area contributed by atoms with Crippen molar-refractivity contribution in [3.8, 4) is 0 Å². The van der Waals surface area contributed by atoms with E-state index in [0.717, 1.165) is 23.1 Å². The van der Waals surface area contributed by atoms with Crippen molar-refractivity contribution in [1.82, 2.24) is 10.5 Å². The van der Waals surface area contributed by atoms with Gasteiger partial charge in [-0.05, 0) is 25.5 Å². The monoisotopic (exact) mass is 279 g/mol. The molecule has 0 aliphatic heterocycles. The summed E-state index contributed by atoms with van der Waals surface area (Å²) in [5, 5.41) is 17.6. The third-order valence-electron chi connectivity index (χ3n) is 2.97. The summed E-state index contributed by atoms with van der Waals surface area (Å²) in [6.45, 7) is 4.47. The summed E-state index contributed by atoms with van der Waals surface area (Å²) in [6.07, 6.45) is 0. The highest BCUT2D eigenvalue weighted by atomic mass is 19.1. The molecule has 0 radical (unpaired) electrons. The summed E-state index contributed by atoms with van der Waals surface area (Å²) in [7, 11) is 0. The van der Waals surface area contributed by atoms with E-state index in [-0.39, 0.29) is 5.69 Å². The van der Waals surface area contributed by atoms with Gasteiger partial charge >= 0.3 is 0 Å². The van der Waals surface area contributed by atoms with Crippen LogP contribution >= 0.6 is 0 Å². The third kappa shape index (κ3) is 3.18. The van der Waals surface area contributed by atoms with E-state index < -0.39 is 10.7 Å². The van der Waals surface area contributed by atoms with E-state index in [0.29, 0.717) is 18.7 Å². The predicted octanol–water partition coefficient (Wildman–Crippen LogP) is 2.63. The second-order valence-electron chi connectivity index (χ2n) is 4.48. The number of nitro groups is 1. The molecule has 0 amide bonds. The summed E-state index contributed by atoms with van der Waals surface area (Å²) in [5.41, 5.74) is 2.00. The van der Waals surface area contributed by atoms with E-state index in [2.05, 4.69) is 10.5 Å². The molecule has 7 heteroatoms. The van der Waals surface area contributed by atoms with Gasteiger partial charge in [0.1, 0.15) is 11.6 Å². The molecule has 0 saturated carbocycles. The van der Waals surface area contributed by atoms with Crippen LogP contribution in [-0.2, 0) is 13.1 Å². The van der Waals surface area contributed by atoms with Crippen molar-refractivity contribution in [1.29, 1.82) is 0 Å². The lowest BCUT2D eigenvalue weighted by molar-refractivity contribution is -0.385. The van der Waals surface area contributed by atoms with Crippen molar-refractivity contribution in [2.24, 2.45) is 0 Å². The molecule has 0 saturated heterocycles. The van der Waals surface area contributed by atoms with E-state index in [1.54, 1.807) is 0 Å². The number of hydrogen-bond acceptors (Lipinski definition) is 5. The van der Waals surface area contributed by atoms with Gasteiger partial charge in [0.2, 0.25) is 0 Å². The maximum Gasteiger partial charge on any atom is 0.272 e. The molecule has 1 aromatic carbocycles. The van der Waals surface area contributed by atoms with Gasteiger partial charge in [0, 0.05) is 24.7 Å². The van der Waals surface area contributed by atoms with Gasteiger partial charge in [-0.3, -0.25) is 10.1 Å². The molecule has 0 aliphatic carbocycles. The first-order chi connectivity index (χ1) is 9.47. The Hall–Kier alpha value is -2.28. The number of rotatable bonds is 5. The first kappa shape index (κ1) is 14.1. The van der Waals surface area contributed by atoms with Crippen LogP contribution in [0.5, 0.6) is 0 Å². The van der Waals surface area contributed by atoms with E-state index >= 15 is 0 Å². The highest BCUT2D eigenvalue weighted by Gasteiger charge is 2.11. The van der Waals surface area contributed by atoms with Gasteiger partial charge in [0.05, 0.1) is 16.7 Å². The van der Waals surface area contributed by atoms with Crippen LogP contribution in [0.15, 0.2) is 22.7 Å². The first-order valence-electron chi connectivity index (χ1n) is 6.03. The van der Waals surface area contributed by atoms with Crippen molar-refractivity contribution in [3.63, 3.8) is 0 Å². The van der Waals surface area contributed by atoms with E-state index in [1.165, 1.54) is 12.1 Å². The molecule has 0 aliphatic rings. The van der Waals surface area contributed by atoms with E-state index in [4.69, 9.17) is 4.52 Å². The van der Waals surface area contributed by atoms with Gasteiger partial charge in [0.15, 0.2) is 0 Å². The fourth-order valence-corrected chi connectivity index (χ4v) is 1.93. The largest absolute Gasteiger partial charge is 0.361 e. The third-order valence-corrected chi connectivity index (χ3v) is 2.97. The number of halogens is 1. The summed E-state index contributed by atoms with van der Waals surface area (Å²) in [4.78, 5) is 10.0. The fraction of sp³-hybridized carbons (Fsp3) is 0.308. The molecule has 0 unspecified atom stereocenters. The Morgan fingerprint density at radius 1 is 1.35 bits per heavy atom. The van der Waals surface area contributed by atoms with Gasteiger partial charge < -0.3 is 9.84 Å². The second-order valence-corrected chi connectivity index (χ2v) is 4.48. The Morgan fingerprint density at radius 2 is 2.10 bits per heavy atom. The smallest absolute Gasteiger partial charge is 0.272 e. The Labute approximate surface area is 114 Å². The number of benzene rings is 1. The van der Waals surface area contributed by atoms with Crippen molar-refractivity contribution in [3.05, 3.63) is 56.7 Å². The minimum Gasteiger partial charge on any atom is -0.361 e. The molecule has 6 nitrogen and oxygen atoms in total. The number of nitrogens with zero attached hydrogens (tertiary/aromatic N) is 2. The molecule has 2 rings (SSSR count). The highest BCUT2D eigenvalue weighted by Crippen LogP contribution is 2.17. The van der Waals surface area contributed by atoms with Crippen LogP contribution in [0.1, 0.15) is 22.6 Å². The van der Waals surface area contributed by atoms with Gasteiger partial charge in [-0.1, -0.05) is 5.16 Å². The van der Waals surface area contributed by atoms with Crippen LogP contribution in [-0.4, -0.2) is 10.1 Å². The normalized spacial score (nSPS) is 10.8. The molecular weight excluding hydrogens is 265 g/mol. The Kier molecular flexibility index (Phi) is 4.09. The lowest BCUT2D eigenvalue weighted by Crippen LogP contribution is -2.14. The molecule has 1 heterocycles. The number of non-ortho nitro benzene ring substituents is 1. The number of hydrogen-bond donors (Lipinski definition) is 1. The summed E-state index contributed by atoms with van der Waals surface area (Å²) >= 11 is 0. The molecule has 20 heavy (non-hydrogen) atoms. The average Bonchev–Trinajstić information content (AvgIpc) is 2.69. The summed E-state index contributed by atoms with van der Waals surface area (Å²) in [5.74, 6) is 0.105. The van der Waals surface area contributed by atoms with Gasteiger partial charge in [-0.2, -0.15) is 0 Å². The van der Waals surface area contributed by atoms with E-state index in [9.17, 15) is 14.5 Å². The molecule has 0 spiro atoms. The molecular formula is C13H14FN3O3. The number of aryl methyl sites for hydroxylation is 2. The molecule has 1 aromatic heterocycles. The van der Waals surface area contributed by atoms with Crippen molar-refractivity contribution in [2.45, 2.75) is 26.9 Å². The number of nitrogens with one attached hydrogen (secondary N) is 1. The zero-order valence-corrected chi connectivity index (χ0v) is 11.1. The van der Waals surface area contributed by atoms with Crippen LogP contribution in [0.4, 0.5) is 10.1 Å². The van der Waals surface area contributed by atoms with Crippen molar-refractivity contribution in [2.75, 3.05) is 0 Å². The number of aromatic nitrogens is 1. The zero-order valence-electron chi connectivity index (χ0n) is 11.1. The molecule has 0 bridgehead atoms. The molecule has 0 fully saturated rings. The quantitative estimate of drug-likeness (QED) is 0.672. The Balaban J connectivity index is 2.03. The van der Waals surface area contributed by atoms with Crippen molar-refractivity contribution < 1.29 is 13.8 Å². The SMILES string of the molecule is Cc1noc(C)c1CNCc1cc(F)cc([N+](=O)[O-])c1. The predicted molar refractivity (Wildman–Crippen MR) is 69.6 cm³/mol. The first-order valence-corrected chi connectivity index (χ1v) is 6.03. The van der Waals surface area contributed by atoms with Crippen LogP contribution < -0.4 is 5.32 Å². The summed E-state index contributed by atoms with van der Waals surface area (Å²) in [6, 6.07) is 3.52. The fourth-order valence-electron chi connectivity index (χ4n) is 1.93. The average molecular weight is 279 g/mol. The Morgan fingerprint density at radius 3 is 2.70 bits per heavy atom. The highest BCUT2D eigenvalue weighted by molar-refractivity contribution is 5.35. The van der Waals surface area contributed by atoms with Crippen LogP contribution in [0.25, 0.3) is 0 Å². The van der Waals surface area contributed by atoms with Crippen LogP contribution in [0.3, 0.4) is 0 Å². The van der Waals surface area contributed by atoms with Gasteiger partial charge in [0.25, 0.3) is 5.69 Å². The van der Waals surface area contributed by atoms with Crippen molar-refractivity contribution >= 4 is 5.69 Å². The molecule has 2 aromatic rings. The lowest BCUT2D eigenvalue weighted by Gasteiger charge is -2.05.